The van der Waals surface area contributed by atoms with E-state index >= 15 is 0 Å². The van der Waals surface area contributed by atoms with E-state index in [9.17, 15) is 0 Å². The van der Waals surface area contributed by atoms with E-state index in [0.29, 0.717) is 0 Å². The molecule has 0 saturated heterocycles. The van der Waals surface area contributed by atoms with Gasteiger partial charge in [0.15, 0.2) is 0 Å². The fourth-order valence-corrected chi connectivity index (χ4v) is 9.22. The molecule has 1 heterocycles. The minimum Gasteiger partial charge on any atom is -0.456 e. The smallest absolute Gasteiger partial charge is 0.136 e. The van der Waals surface area contributed by atoms with E-state index in [1.165, 1.54) is 44.2 Å². The maximum absolute atomic E-state index is 6.61. The van der Waals surface area contributed by atoms with Crippen LogP contribution in [0.4, 0.5) is 17.1 Å². The highest BCUT2D eigenvalue weighted by molar-refractivity contribution is 6.17. The second-order valence-electron chi connectivity index (χ2n) is 15.7. The standard InChI is InChI=1S/C55H39NO/c1-55(2)48-23-13-11-21-45(48)46-28-27-43(35-49(46)55)56(44-33-41(36-15-5-3-6-16-36)32-42(34-44)37-17-7-4-8-18-37)50-29-30-52-54(47-22-12-14-24-51(47)57-52)53(50)40-26-25-38-19-9-10-20-39(38)31-40/h3-35H,1-2H3. The van der Waals surface area contributed by atoms with Crippen LogP contribution in [0.25, 0.3) is 77.2 Å². The minimum atomic E-state index is -0.166. The van der Waals surface area contributed by atoms with Crippen LogP contribution in [0.5, 0.6) is 0 Å². The zero-order valence-corrected chi connectivity index (χ0v) is 31.9. The number of anilines is 3. The molecular weight excluding hydrogens is 691 g/mol. The summed E-state index contributed by atoms with van der Waals surface area (Å²) in [6, 6.07) is 72.9. The van der Waals surface area contributed by atoms with Gasteiger partial charge in [-0.3, -0.25) is 0 Å². The number of nitrogens with zero attached hydrogens (tertiary/aromatic N) is 1. The van der Waals surface area contributed by atoms with Crippen molar-refractivity contribution in [3.8, 4) is 44.5 Å². The SMILES string of the molecule is CC1(C)c2ccccc2-c2ccc(N(c3cc(-c4ccccc4)cc(-c4ccccc4)c3)c3ccc4oc5ccccc5c4c3-c3ccc4ccccc4c3)cc21. The maximum atomic E-state index is 6.61. The first-order valence-electron chi connectivity index (χ1n) is 19.8. The highest BCUT2D eigenvalue weighted by Crippen LogP contribution is 2.53. The molecule has 1 aliphatic carbocycles. The predicted molar refractivity (Wildman–Crippen MR) is 240 cm³/mol. The largest absolute Gasteiger partial charge is 0.456 e. The number of benzene rings is 9. The summed E-state index contributed by atoms with van der Waals surface area (Å²) in [7, 11) is 0. The molecule has 9 aromatic carbocycles. The molecule has 0 atom stereocenters. The number of rotatable bonds is 6. The number of fused-ring (bicyclic) bond motifs is 7. The molecule has 1 aliphatic rings. The van der Waals surface area contributed by atoms with Crippen molar-refractivity contribution in [1.82, 2.24) is 0 Å². The predicted octanol–water partition coefficient (Wildman–Crippen LogP) is 15.5. The van der Waals surface area contributed by atoms with Crippen molar-refractivity contribution >= 4 is 49.8 Å². The van der Waals surface area contributed by atoms with Crippen LogP contribution < -0.4 is 4.90 Å². The van der Waals surface area contributed by atoms with E-state index in [1.807, 2.05) is 0 Å². The van der Waals surface area contributed by atoms with E-state index in [-0.39, 0.29) is 5.41 Å². The van der Waals surface area contributed by atoms with Gasteiger partial charge in [0.2, 0.25) is 0 Å². The third-order valence-electron chi connectivity index (χ3n) is 12.0. The number of hydrogen-bond donors (Lipinski definition) is 0. The van der Waals surface area contributed by atoms with Gasteiger partial charge in [0, 0.05) is 33.1 Å². The minimum absolute atomic E-state index is 0.166. The molecule has 0 bridgehead atoms. The Morgan fingerprint density at radius 2 is 1.05 bits per heavy atom. The van der Waals surface area contributed by atoms with Crippen molar-refractivity contribution in [2.24, 2.45) is 0 Å². The molecule has 0 radical (unpaired) electrons. The Morgan fingerprint density at radius 3 is 1.82 bits per heavy atom. The van der Waals surface area contributed by atoms with Crippen LogP contribution in [-0.4, -0.2) is 0 Å². The summed E-state index contributed by atoms with van der Waals surface area (Å²) in [5.41, 5.74) is 17.1. The highest BCUT2D eigenvalue weighted by atomic mass is 16.3. The van der Waals surface area contributed by atoms with E-state index in [4.69, 9.17) is 4.42 Å². The van der Waals surface area contributed by atoms with Gasteiger partial charge < -0.3 is 9.32 Å². The lowest BCUT2D eigenvalue weighted by Crippen LogP contribution is -2.17. The maximum Gasteiger partial charge on any atom is 0.136 e. The topological polar surface area (TPSA) is 16.4 Å². The van der Waals surface area contributed by atoms with Gasteiger partial charge >= 0.3 is 0 Å². The molecule has 11 rings (SSSR count). The summed E-state index contributed by atoms with van der Waals surface area (Å²) in [6.07, 6.45) is 0. The molecule has 0 N–H and O–H groups in total. The van der Waals surface area contributed by atoms with Crippen molar-refractivity contribution in [1.29, 1.82) is 0 Å². The van der Waals surface area contributed by atoms with Gasteiger partial charge in [-0.25, -0.2) is 0 Å². The first-order chi connectivity index (χ1) is 28.0. The van der Waals surface area contributed by atoms with Crippen LogP contribution in [0.1, 0.15) is 25.0 Å². The van der Waals surface area contributed by atoms with Gasteiger partial charge in [-0.05, 0) is 115 Å². The number of para-hydroxylation sites is 1. The first kappa shape index (κ1) is 33.2. The molecule has 0 aliphatic heterocycles. The Bertz CT molecular complexity index is 3100. The Kier molecular flexibility index (Phi) is 7.55. The monoisotopic (exact) mass is 729 g/mol. The van der Waals surface area contributed by atoms with Crippen LogP contribution in [0.2, 0.25) is 0 Å². The molecule has 0 unspecified atom stereocenters. The zero-order valence-electron chi connectivity index (χ0n) is 31.9. The first-order valence-corrected chi connectivity index (χ1v) is 19.8. The second kappa shape index (κ2) is 13.0. The lowest BCUT2D eigenvalue weighted by molar-refractivity contribution is 0.660. The summed E-state index contributed by atoms with van der Waals surface area (Å²) < 4.78 is 6.61. The fourth-order valence-electron chi connectivity index (χ4n) is 9.22. The van der Waals surface area contributed by atoms with Crippen LogP contribution >= 0.6 is 0 Å². The molecule has 0 amide bonds. The summed E-state index contributed by atoms with van der Waals surface area (Å²) in [5.74, 6) is 0. The molecule has 57 heavy (non-hydrogen) atoms. The van der Waals surface area contributed by atoms with Crippen LogP contribution in [-0.2, 0) is 5.41 Å². The summed E-state index contributed by atoms with van der Waals surface area (Å²) >= 11 is 0. The van der Waals surface area contributed by atoms with Gasteiger partial charge in [-0.15, -0.1) is 0 Å². The van der Waals surface area contributed by atoms with Gasteiger partial charge in [-0.1, -0.05) is 159 Å². The van der Waals surface area contributed by atoms with Crippen molar-refractivity contribution < 1.29 is 4.42 Å². The average molecular weight is 730 g/mol. The van der Waals surface area contributed by atoms with Gasteiger partial charge in [0.1, 0.15) is 11.2 Å². The average Bonchev–Trinajstić information content (AvgIpc) is 3.76. The molecule has 0 saturated carbocycles. The van der Waals surface area contributed by atoms with Gasteiger partial charge in [-0.2, -0.15) is 0 Å². The normalized spacial score (nSPS) is 12.9. The van der Waals surface area contributed by atoms with Crippen LogP contribution in [0.3, 0.4) is 0 Å². The molecule has 2 nitrogen and oxygen atoms in total. The van der Waals surface area contributed by atoms with Crippen LogP contribution in [0, 0.1) is 0 Å². The van der Waals surface area contributed by atoms with Crippen molar-refractivity contribution in [3.63, 3.8) is 0 Å². The Labute approximate surface area is 332 Å². The molecule has 10 aromatic rings. The third-order valence-corrected chi connectivity index (χ3v) is 12.0. The second-order valence-corrected chi connectivity index (χ2v) is 15.7. The van der Waals surface area contributed by atoms with E-state index in [0.717, 1.165) is 61.3 Å². The molecule has 270 valence electrons. The lowest BCUT2D eigenvalue weighted by Gasteiger charge is -2.31. The van der Waals surface area contributed by atoms with Crippen molar-refractivity contribution in [2.75, 3.05) is 4.90 Å². The number of hydrogen-bond acceptors (Lipinski definition) is 2. The lowest BCUT2D eigenvalue weighted by atomic mass is 9.82. The van der Waals surface area contributed by atoms with E-state index in [2.05, 4.69) is 219 Å². The van der Waals surface area contributed by atoms with Crippen molar-refractivity contribution in [3.05, 3.63) is 211 Å². The number of furan rings is 1. The Hall–Kier alpha value is -7.16. The molecular formula is C55H39NO. The molecule has 0 fully saturated rings. The summed E-state index contributed by atoms with van der Waals surface area (Å²) in [4.78, 5) is 2.49. The fraction of sp³-hybridized carbons (Fsp3) is 0.0545. The third kappa shape index (κ3) is 5.40. The van der Waals surface area contributed by atoms with Crippen molar-refractivity contribution in [2.45, 2.75) is 19.3 Å². The highest BCUT2D eigenvalue weighted by Gasteiger charge is 2.36. The summed E-state index contributed by atoms with van der Waals surface area (Å²) in [5, 5.41) is 4.63. The van der Waals surface area contributed by atoms with E-state index < -0.39 is 0 Å². The Balaban J connectivity index is 1.25. The van der Waals surface area contributed by atoms with E-state index in [1.54, 1.807) is 0 Å². The van der Waals surface area contributed by atoms with Gasteiger partial charge in [0.25, 0.3) is 0 Å². The molecule has 1 aromatic heterocycles. The molecule has 2 heteroatoms. The Morgan fingerprint density at radius 1 is 0.404 bits per heavy atom. The molecule has 0 spiro atoms. The van der Waals surface area contributed by atoms with Crippen LogP contribution in [0.15, 0.2) is 205 Å². The van der Waals surface area contributed by atoms with Gasteiger partial charge in [0.05, 0.1) is 5.69 Å². The zero-order chi connectivity index (χ0) is 38.1. The summed E-state index contributed by atoms with van der Waals surface area (Å²) in [6.45, 7) is 4.72. The quantitative estimate of drug-likeness (QED) is 0.169.